The number of ether oxygens (including phenoxy) is 1. The number of hydrogen-bond acceptors (Lipinski definition) is 5. The molecule has 0 radical (unpaired) electrons. The molecule has 0 aliphatic rings. The Balaban J connectivity index is 2.02. The van der Waals surface area contributed by atoms with Gasteiger partial charge in [0.25, 0.3) is 5.91 Å². The van der Waals surface area contributed by atoms with Crippen LogP contribution in [0.3, 0.4) is 0 Å². The maximum absolute atomic E-state index is 12.1. The highest BCUT2D eigenvalue weighted by molar-refractivity contribution is 5.83. The van der Waals surface area contributed by atoms with E-state index in [4.69, 9.17) is 4.74 Å². The lowest BCUT2D eigenvalue weighted by Crippen LogP contribution is -2.26. The molecule has 184 valence electrons. The van der Waals surface area contributed by atoms with Gasteiger partial charge in [0.15, 0.2) is 12.4 Å². The lowest BCUT2D eigenvalue weighted by Gasteiger charge is -2.33. The van der Waals surface area contributed by atoms with Crippen molar-refractivity contribution in [1.29, 1.82) is 0 Å². The van der Waals surface area contributed by atoms with Crippen LogP contribution in [0, 0.1) is 15.5 Å². The van der Waals surface area contributed by atoms with Crippen LogP contribution >= 0.6 is 0 Å². The number of nitrogens with one attached hydrogen (secondary N) is 1. The van der Waals surface area contributed by atoms with Gasteiger partial charge in [0.05, 0.1) is 11.1 Å². The lowest BCUT2D eigenvalue weighted by molar-refractivity contribution is -0.385. The topological polar surface area (TPSA) is 93.8 Å². The van der Waals surface area contributed by atoms with Gasteiger partial charge < -0.3 is 4.74 Å². The van der Waals surface area contributed by atoms with Crippen molar-refractivity contribution in [2.75, 3.05) is 6.61 Å². The average Bonchev–Trinajstić information content (AvgIpc) is 2.70. The Morgan fingerprint density at radius 3 is 2.12 bits per heavy atom. The molecule has 2 aromatic carbocycles. The highest BCUT2D eigenvalue weighted by atomic mass is 16.6. The maximum Gasteiger partial charge on any atom is 0.311 e. The monoisotopic (exact) mass is 467 g/mol. The van der Waals surface area contributed by atoms with Crippen molar-refractivity contribution in [3.8, 4) is 5.75 Å². The minimum Gasteiger partial charge on any atom is -0.477 e. The van der Waals surface area contributed by atoms with E-state index in [2.05, 4.69) is 65.9 Å². The fourth-order valence-corrected chi connectivity index (χ4v) is 4.05. The normalized spacial score (nSPS) is 12.6. The summed E-state index contributed by atoms with van der Waals surface area (Å²) >= 11 is 0. The number of benzene rings is 2. The molecule has 0 saturated heterocycles. The molecule has 1 amide bonds. The SMILES string of the molecule is CC(C)(C)CC(C)(C)c1ccc(OCC(=O)N/N=C/c2ccc(C(C)(C)C)cc2)c([N+](=O)[O-])c1. The average molecular weight is 468 g/mol. The molecule has 7 heteroatoms. The number of nitro benzene ring substituents is 1. The maximum atomic E-state index is 12.1. The minimum atomic E-state index is -0.506. The zero-order valence-electron chi connectivity index (χ0n) is 21.6. The Hall–Kier alpha value is -3.22. The third kappa shape index (κ3) is 7.97. The number of hydrazone groups is 1. The molecule has 0 aliphatic carbocycles. The summed E-state index contributed by atoms with van der Waals surface area (Å²) in [6.07, 6.45) is 2.40. The van der Waals surface area contributed by atoms with Crippen molar-refractivity contribution in [2.24, 2.45) is 10.5 Å². The Morgan fingerprint density at radius 2 is 1.59 bits per heavy atom. The van der Waals surface area contributed by atoms with Crippen LogP contribution in [0.4, 0.5) is 5.69 Å². The van der Waals surface area contributed by atoms with Crippen LogP contribution < -0.4 is 10.2 Å². The number of rotatable bonds is 8. The van der Waals surface area contributed by atoms with Crippen molar-refractivity contribution in [1.82, 2.24) is 5.43 Å². The Kier molecular flexibility index (Phi) is 8.24. The molecule has 1 N–H and O–H groups in total. The van der Waals surface area contributed by atoms with Gasteiger partial charge >= 0.3 is 5.69 Å². The molecular weight excluding hydrogens is 430 g/mol. The predicted octanol–water partition coefficient (Wildman–Crippen LogP) is 6.14. The summed E-state index contributed by atoms with van der Waals surface area (Å²) in [4.78, 5) is 23.3. The minimum absolute atomic E-state index is 0.0530. The molecule has 2 rings (SSSR count). The van der Waals surface area contributed by atoms with Gasteiger partial charge in [0.1, 0.15) is 0 Å². The van der Waals surface area contributed by atoms with Crippen LogP contribution in [-0.4, -0.2) is 23.7 Å². The van der Waals surface area contributed by atoms with Crippen LogP contribution in [-0.2, 0) is 15.6 Å². The first-order valence-electron chi connectivity index (χ1n) is 11.4. The first-order chi connectivity index (χ1) is 15.6. The van der Waals surface area contributed by atoms with Gasteiger partial charge in [-0.1, -0.05) is 85.7 Å². The van der Waals surface area contributed by atoms with Crippen LogP contribution in [0.25, 0.3) is 0 Å². The summed E-state index contributed by atoms with van der Waals surface area (Å²) in [7, 11) is 0. The molecule has 2 aromatic rings. The van der Waals surface area contributed by atoms with Crippen LogP contribution in [0.5, 0.6) is 5.75 Å². The first-order valence-corrected chi connectivity index (χ1v) is 11.4. The van der Waals surface area contributed by atoms with E-state index in [-0.39, 0.29) is 34.3 Å². The molecule has 0 atom stereocenters. The van der Waals surface area contributed by atoms with Gasteiger partial charge in [-0.2, -0.15) is 5.10 Å². The summed E-state index contributed by atoms with van der Waals surface area (Å²) < 4.78 is 5.46. The summed E-state index contributed by atoms with van der Waals surface area (Å²) in [6, 6.07) is 12.8. The number of nitrogens with zero attached hydrogens (tertiary/aromatic N) is 2. The van der Waals surface area contributed by atoms with E-state index in [1.807, 2.05) is 30.3 Å². The number of amides is 1. The molecule has 0 aromatic heterocycles. The van der Waals surface area contributed by atoms with Gasteiger partial charge in [0.2, 0.25) is 0 Å². The quantitative estimate of drug-likeness (QED) is 0.287. The predicted molar refractivity (Wildman–Crippen MR) is 137 cm³/mol. The van der Waals surface area contributed by atoms with Crippen molar-refractivity contribution in [2.45, 2.75) is 72.6 Å². The number of carbonyl (C=O) groups is 1. The molecular formula is C27H37N3O4. The van der Waals surface area contributed by atoms with Crippen LogP contribution in [0.2, 0.25) is 0 Å². The van der Waals surface area contributed by atoms with Crippen molar-refractivity contribution in [3.63, 3.8) is 0 Å². The van der Waals surface area contributed by atoms with Gasteiger partial charge in [0, 0.05) is 6.07 Å². The highest BCUT2D eigenvalue weighted by Gasteiger charge is 2.30. The zero-order valence-corrected chi connectivity index (χ0v) is 21.6. The van der Waals surface area contributed by atoms with Gasteiger partial charge in [-0.3, -0.25) is 14.9 Å². The molecule has 0 saturated carbocycles. The molecule has 0 aliphatic heterocycles. The molecule has 0 unspecified atom stereocenters. The third-order valence-corrected chi connectivity index (χ3v) is 5.45. The first kappa shape index (κ1) is 27.0. The number of carbonyl (C=O) groups excluding carboxylic acids is 1. The molecule has 0 bridgehead atoms. The van der Waals surface area contributed by atoms with Crippen molar-refractivity contribution < 1.29 is 14.5 Å². The second-order valence-electron chi connectivity index (χ2n) is 11.5. The van der Waals surface area contributed by atoms with Gasteiger partial charge in [-0.25, -0.2) is 5.43 Å². The van der Waals surface area contributed by atoms with Gasteiger partial charge in [-0.05, 0) is 45.4 Å². The summed E-state index contributed by atoms with van der Waals surface area (Å²) in [5, 5.41) is 15.6. The fourth-order valence-electron chi connectivity index (χ4n) is 4.05. The van der Waals surface area contributed by atoms with Crippen LogP contribution in [0.1, 0.15) is 78.5 Å². The summed E-state index contributed by atoms with van der Waals surface area (Å²) in [6.45, 7) is 16.6. The standard InChI is InChI=1S/C27H37N3O4/c1-25(2,3)18-27(7,8)21-13-14-23(22(15-21)30(32)33)34-17-24(31)29-28-16-19-9-11-20(12-10-19)26(4,5)6/h9-16H,17-18H2,1-8H3,(H,29,31)/b28-16+. The largest absolute Gasteiger partial charge is 0.477 e. The van der Waals surface area contributed by atoms with E-state index in [9.17, 15) is 14.9 Å². The number of hydrogen-bond donors (Lipinski definition) is 1. The molecule has 7 nitrogen and oxygen atoms in total. The molecule has 0 heterocycles. The van der Waals surface area contributed by atoms with E-state index < -0.39 is 10.8 Å². The van der Waals surface area contributed by atoms with E-state index in [1.165, 1.54) is 5.56 Å². The molecule has 0 spiro atoms. The molecule has 0 fully saturated rings. The van der Waals surface area contributed by atoms with Crippen LogP contribution in [0.15, 0.2) is 47.6 Å². The Morgan fingerprint density at radius 1 is 1.00 bits per heavy atom. The van der Waals surface area contributed by atoms with E-state index in [0.717, 1.165) is 17.5 Å². The molecule has 34 heavy (non-hydrogen) atoms. The van der Waals surface area contributed by atoms with E-state index >= 15 is 0 Å². The number of nitro groups is 1. The Labute approximate surface area is 202 Å². The second kappa shape index (κ2) is 10.4. The van der Waals surface area contributed by atoms with Gasteiger partial charge in [-0.15, -0.1) is 0 Å². The summed E-state index contributed by atoms with van der Waals surface area (Å²) in [5.74, 6) is -0.453. The summed E-state index contributed by atoms with van der Waals surface area (Å²) in [5.41, 5.74) is 5.02. The zero-order chi connectivity index (χ0) is 25.7. The highest BCUT2D eigenvalue weighted by Crippen LogP contribution is 2.39. The lowest BCUT2D eigenvalue weighted by atomic mass is 9.72. The van der Waals surface area contributed by atoms with Crippen molar-refractivity contribution in [3.05, 3.63) is 69.3 Å². The van der Waals surface area contributed by atoms with E-state index in [0.29, 0.717) is 0 Å². The van der Waals surface area contributed by atoms with Crippen molar-refractivity contribution >= 4 is 17.8 Å². The Bertz CT molecular complexity index is 1040. The van der Waals surface area contributed by atoms with E-state index in [1.54, 1.807) is 18.3 Å². The second-order valence-corrected chi connectivity index (χ2v) is 11.5. The fraction of sp³-hybridized carbons (Fsp3) is 0.481. The smallest absolute Gasteiger partial charge is 0.311 e. The third-order valence-electron chi connectivity index (χ3n) is 5.45.